The van der Waals surface area contributed by atoms with Crippen LogP contribution in [0.15, 0.2) is 36.5 Å². The van der Waals surface area contributed by atoms with E-state index < -0.39 is 0 Å². The van der Waals surface area contributed by atoms with E-state index in [1.54, 1.807) is 14.2 Å². The number of fused-ring (bicyclic) bond motifs is 1. The summed E-state index contributed by atoms with van der Waals surface area (Å²) in [5, 5.41) is 0. The molecule has 0 aliphatic carbocycles. The molecule has 0 radical (unpaired) electrons. The fraction of sp³-hybridized carbons (Fsp3) is 0.542. The summed E-state index contributed by atoms with van der Waals surface area (Å²) in [5.41, 5.74) is 2.41. The number of rotatable bonds is 8. The predicted molar refractivity (Wildman–Crippen MR) is 128 cm³/mol. The molecule has 0 bridgehead atoms. The number of piperazine rings is 1. The van der Waals surface area contributed by atoms with Crippen LogP contribution in [0.1, 0.15) is 23.7 Å². The third-order valence-electron chi connectivity index (χ3n) is 6.07. The van der Waals surface area contributed by atoms with Crippen molar-refractivity contribution in [1.29, 1.82) is 0 Å². The number of halogens is 1. The van der Waals surface area contributed by atoms with Crippen LogP contribution in [0.5, 0.6) is 11.5 Å². The van der Waals surface area contributed by atoms with Crippen molar-refractivity contribution >= 4 is 18.2 Å². The van der Waals surface area contributed by atoms with Crippen LogP contribution in [0, 0.1) is 0 Å². The topological polar surface area (TPSA) is 56.3 Å². The van der Waals surface area contributed by atoms with Crippen LogP contribution in [-0.4, -0.2) is 76.6 Å². The highest BCUT2D eigenvalue weighted by Gasteiger charge is 2.23. The first-order valence-electron chi connectivity index (χ1n) is 11.1. The van der Waals surface area contributed by atoms with E-state index in [2.05, 4.69) is 26.9 Å². The molecule has 2 aromatic rings. The van der Waals surface area contributed by atoms with Gasteiger partial charge in [0, 0.05) is 45.5 Å². The summed E-state index contributed by atoms with van der Waals surface area (Å²) < 4.78 is 23.1. The Hall–Kier alpha value is -2.06. The van der Waals surface area contributed by atoms with Crippen LogP contribution in [0.3, 0.4) is 0 Å². The number of ether oxygens (including phenoxy) is 4. The summed E-state index contributed by atoms with van der Waals surface area (Å²) in [5.74, 6) is 2.57. The van der Waals surface area contributed by atoms with Gasteiger partial charge in [-0.05, 0) is 48.2 Å². The summed E-state index contributed by atoms with van der Waals surface area (Å²) in [6.07, 6.45) is 3.76. The van der Waals surface area contributed by atoms with E-state index in [1.807, 2.05) is 24.4 Å². The first kappa shape index (κ1) is 24.6. The molecule has 4 rings (SSSR count). The van der Waals surface area contributed by atoms with Crippen LogP contribution >= 0.6 is 12.4 Å². The Bertz CT molecular complexity index is 831. The first-order chi connectivity index (χ1) is 15.3. The van der Waals surface area contributed by atoms with Crippen molar-refractivity contribution in [2.45, 2.75) is 18.9 Å². The molecule has 1 atom stereocenters. The smallest absolute Gasteiger partial charge is 0.161 e. The normalized spacial score (nSPS) is 18.9. The third-order valence-corrected chi connectivity index (χ3v) is 6.07. The average molecular weight is 464 g/mol. The molecule has 0 spiro atoms. The summed E-state index contributed by atoms with van der Waals surface area (Å²) in [6.45, 7) is 6.97. The third kappa shape index (κ3) is 6.04. The van der Waals surface area contributed by atoms with E-state index >= 15 is 0 Å². The van der Waals surface area contributed by atoms with Crippen LogP contribution < -0.4 is 14.4 Å². The Balaban J connectivity index is 0.00000289. The van der Waals surface area contributed by atoms with Gasteiger partial charge in [0.2, 0.25) is 0 Å². The van der Waals surface area contributed by atoms with Gasteiger partial charge >= 0.3 is 0 Å². The van der Waals surface area contributed by atoms with Crippen molar-refractivity contribution in [3.8, 4) is 11.5 Å². The molecule has 0 N–H and O–H groups in total. The summed E-state index contributed by atoms with van der Waals surface area (Å²) in [6, 6.07) is 10.2. The average Bonchev–Trinajstić information content (AvgIpc) is 3.03. The van der Waals surface area contributed by atoms with Crippen molar-refractivity contribution in [2.75, 3.05) is 71.7 Å². The van der Waals surface area contributed by atoms with Crippen molar-refractivity contribution in [1.82, 2.24) is 9.88 Å². The second-order valence-corrected chi connectivity index (χ2v) is 7.96. The number of aromatic nitrogens is 1. The minimum absolute atomic E-state index is 0. The second kappa shape index (κ2) is 12.3. The Morgan fingerprint density at radius 1 is 1.06 bits per heavy atom. The zero-order valence-electron chi connectivity index (χ0n) is 19.0. The molecule has 32 heavy (non-hydrogen) atoms. The zero-order valence-corrected chi connectivity index (χ0v) is 19.8. The molecule has 1 unspecified atom stereocenters. The molecular weight excluding hydrogens is 430 g/mol. The largest absolute Gasteiger partial charge is 0.493 e. The van der Waals surface area contributed by atoms with Crippen molar-refractivity contribution in [3.63, 3.8) is 0 Å². The quantitative estimate of drug-likeness (QED) is 0.556. The van der Waals surface area contributed by atoms with Gasteiger partial charge in [-0.25, -0.2) is 4.98 Å². The Labute approximate surface area is 197 Å². The number of pyridine rings is 1. The maximum atomic E-state index is 6.11. The molecule has 176 valence electrons. The van der Waals surface area contributed by atoms with Gasteiger partial charge in [0.15, 0.2) is 11.5 Å². The van der Waals surface area contributed by atoms with Crippen LogP contribution in [0.25, 0.3) is 0 Å². The van der Waals surface area contributed by atoms with Gasteiger partial charge in [0.25, 0.3) is 0 Å². The van der Waals surface area contributed by atoms with E-state index in [-0.39, 0.29) is 18.5 Å². The van der Waals surface area contributed by atoms with Gasteiger partial charge in [-0.3, -0.25) is 4.90 Å². The van der Waals surface area contributed by atoms with Crippen LogP contribution in [-0.2, 0) is 15.9 Å². The fourth-order valence-electron chi connectivity index (χ4n) is 4.29. The summed E-state index contributed by atoms with van der Waals surface area (Å²) in [7, 11) is 3.34. The molecule has 2 aliphatic heterocycles. The predicted octanol–water partition coefficient (Wildman–Crippen LogP) is 3.36. The van der Waals surface area contributed by atoms with Gasteiger partial charge in [-0.1, -0.05) is 6.07 Å². The number of anilines is 1. The molecule has 0 amide bonds. The van der Waals surface area contributed by atoms with E-state index in [1.165, 1.54) is 5.56 Å². The van der Waals surface area contributed by atoms with Gasteiger partial charge in [0.05, 0.1) is 27.4 Å². The van der Waals surface area contributed by atoms with E-state index in [0.29, 0.717) is 13.2 Å². The standard InChI is InChI=1S/C24H33N3O4.ClH/c1-28-21-16-19-6-5-14-31-23(20(19)17-22(21)29-2)18-30-15-13-26-9-11-27(12-10-26)24-7-3-4-8-25-24;/h3-4,7-8,16-17,23H,5-6,9-15,18H2,1-2H3;1H. The number of hydrogen-bond acceptors (Lipinski definition) is 7. The Morgan fingerprint density at radius 2 is 1.84 bits per heavy atom. The SMILES string of the molecule is COc1cc2c(cc1OC)C(COCCN1CCN(c3ccccn3)CC1)OCCC2.Cl. The van der Waals surface area contributed by atoms with Gasteiger partial charge in [-0.15, -0.1) is 12.4 Å². The van der Waals surface area contributed by atoms with Gasteiger partial charge in [-0.2, -0.15) is 0 Å². The monoisotopic (exact) mass is 463 g/mol. The highest BCUT2D eigenvalue weighted by Crippen LogP contribution is 2.36. The maximum Gasteiger partial charge on any atom is 0.161 e. The number of methoxy groups -OCH3 is 2. The second-order valence-electron chi connectivity index (χ2n) is 7.96. The number of benzene rings is 1. The minimum Gasteiger partial charge on any atom is -0.493 e. The number of nitrogens with zero attached hydrogens (tertiary/aromatic N) is 3. The van der Waals surface area contributed by atoms with Crippen LogP contribution in [0.4, 0.5) is 5.82 Å². The molecule has 1 aromatic heterocycles. The molecule has 8 heteroatoms. The highest BCUT2D eigenvalue weighted by molar-refractivity contribution is 5.85. The minimum atomic E-state index is -0.0710. The molecule has 1 fully saturated rings. The lowest BCUT2D eigenvalue weighted by molar-refractivity contribution is -0.0201. The van der Waals surface area contributed by atoms with Crippen molar-refractivity contribution in [3.05, 3.63) is 47.7 Å². The lowest BCUT2D eigenvalue weighted by Gasteiger charge is -2.35. The lowest BCUT2D eigenvalue weighted by Crippen LogP contribution is -2.47. The summed E-state index contributed by atoms with van der Waals surface area (Å²) in [4.78, 5) is 9.25. The lowest BCUT2D eigenvalue weighted by atomic mass is 9.99. The van der Waals surface area contributed by atoms with E-state index in [4.69, 9.17) is 18.9 Å². The van der Waals surface area contributed by atoms with Gasteiger partial charge < -0.3 is 23.8 Å². The Kier molecular flexibility index (Phi) is 9.41. The molecule has 1 aromatic carbocycles. The molecule has 1 saturated heterocycles. The van der Waals surface area contributed by atoms with Crippen molar-refractivity contribution in [2.24, 2.45) is 0 Å². The first-order valence-corrected chi connectivity index (χ1v) is 11.1. The molecular formula is C24H34ClN3O4. The maximum absolute atomic E-state index is 6.11. The summed E-state index contributed by atoms with van der Waals surface area (Å²) >= 11 is 0. The van der Waals surface area contributed by atoms with Gasteiger partial charge in [0.1, 0.15) is 11.9 Å². The molecule has 7 nitrogen and oxygen atoms in total. The highest BCUT2D eigenvalue weighted by atomic mass is 35.5. The van der Waals surface area contributed by atoms with Crippen LogP contribution in [0.2, 0.25) is 0 Å². The fourth-order valence-corrected chi connectivity index (χ4v) is 4.29. The molecule has 0 saturated carbocycles. The Morgan fingerprint density at radius 3 is 2.56 bits per heavy atom. The van der Waals surface area contributed by atoms with E-state index in [9.17, 15) is 0 Å². The number of aryl methyl sites for hydroxylation is 1. The van der Waals surface area contributed by atoms with E-state index in [0.717, 1.165) is 75.1 Å². The molecule has 3 heterocycles. The molecule has 2 aliphatic rings. The number of hydrogen-bond donors (Lipinski definition) is 0. The van der Waals surface area contributed by atoms with Crippen molar-refractivity contribution < 1.29 is 18.9 Å². The zero-order chi connectivity index (χ0) is 21.5.